The topological polar surface area (TPSA) is 50.7 Å². The number of anilines is 1. The number of thiophene rings is 1. The molecule has 0 aliphatic heterocycles. The molecule has 4 rings (SSSR count). The van der Waals surface area contributed by atoms with Gasteiger partial charge in [0.05, 0.1) is 12.2 Å². The first-order valence-corrected chi connectivity index (χ1v) is 11.3. The van der Waals surface area contributed by atoms with E-state index in [-0.39, 0.29) is 11.7 Å². The van der Waals surface area contributed by atoms with Gasteiger partial charge >= 0.3 is 0 Å². The molecule has 31 heavy (non-hydrogen) atoms. The van der Waals surface area contributed by atoms with Crippen LogP contribution in [0.4, 0.5) is 15.1 Å². The van der Waals surface area contributed by atoms with Crippen LogP contribution in [0.3, 0.4) is 0 Å². The number of rotatable bonds is 6. The van der Waals surface area contributed by atoms with Crippen LogP contribution in [0.25, 0.3) is 0 Å². The monoisotopic (exact) mass is 436 g/mol. The van der Waals surface area contributed by atoms with Crippen molar-refractivity contribution in [2.45, 2.75) is 33.1 Å². The molecule has 1 N–H and O–H groups in total. The second-order valence-electron chi connectivity index (χ2n) is 7.76. The van der Waals surface area contributed by atoms with Crippen molar-refractivity contribution in [1.82, 2.24) is 0 Å². The summed E-state index contributed by atoms with van der Waals surface area (Å²) in [7, 11) is 0. The summed E-state index contributed by atoms with van der Waals surface area (Å²) in [6.07, 6.45) is 4.50. The van der Waals surface area contributed by atoms with Crippen molar-refractivity contribution in [2.24, 2.45) is 10.9 Å². The lowest BCUT2D eigenvalue weighted by molar-refractivity contribution is 0.102. The molecule has 1 aliphatic rings. The second-order valence-corrected chi connectivity index (χ2v) is 8.84. The van der Waals surface area contributed by atoms with Gasteiger partial charge in [-0.15, -0.1) is 11.3 Å². The normalized spacial score (nSPS) is 15.6. The Balaban J connectivity index is 1.64. The molecule has 2 aromatic carbocycles. The third-order valence-corrected chi connectivity index (χ3v) is 6.49. The van der Waals surface area contributed by atoms with E-state index in [1.807, 2.05) is 31.2 Å². The first-order valence-electron chi connectivity index (χ1n) is 10.5. The van der Waals surface area contributed by atoms with Gasteiger partial charge in [0.15, 0.2) is 0 Å². The standard InChI is InChI=1S/C25H25FN2O2S/c1-3-30-20-10-8-19(9-11-20)28-24(29)23-21-12-7-16(2)13-22(21)31-25(23)27-15-17-5-4-6-18(26)14-17/h4-6,8-11,14-16H,3,7,12-13H2,1-2H3,(H,28,29)/t16-/m1/s1. The number of nitrogens with zero attached hydrogens (tertiary/aromatic N) is 1. The zero-order valence-corrected chi connectivity index (χ0v) is 18.5. The fraction of sp³-hybridized carbons (Fsp3) is 0.280. The molecule has 1 heterocycles. The maximum Gasteiger partial charge on any atom is 0.259 e. The van der Waals surface area contributed by atoms with Crippen LogP contribution in [0.1, 0.15) is 46.6 Å². The number of ether oxygens (including phenoxy) is 1. The smallest absolute Gasteiger partial charge is 0.259 e. The summed E-state index contributed by atoms with van der Waals surface area (Å²) in [5.41, 5.74) is 3.10. The van der Waals surface area contributed by atoms with Crippen molar-refractivity contribution >= 4 is 34.1 Å². The van der Waals surface area contributed by atoms with Crippen LogP contribution in [0, 0.1) is 11.7 Å². The van der Waals surface area contributed by atoms with Gasteiger partial charge in [-0.3, -0.25) is 4.79 Å². The van der Waals surface area contributed by atoms with Gasteiger partial charge in [-0.1, -0.05) is 19.1 Å². The molecule has 0 unspecified atom stereocenters. The van der Waals surface area contributed by atoms with E-state index in [1.165, 1.54) is 17.0 Å². The number of hydrogen-bond acceptors (Lipinski definition) is 4. The lowest BCUT2D eigenvalue weighted by atomic mass is 9.88. The van der Waals surface area contributed by atoms with Crippen molar-refractivity contribution in [2.75, 3.05) is 11.9 Å². The van der Waals surface area contributed by atoms with Crippen molar-refractivity contribution in [3.8, 4) is 5.75 Å². The predicted molar refractivity (Wildman–Crippen MR) is 125 cm³/mol. The summed E-state index contributed by atoms with van der Waals surface area (Å²) in [6, 6.07) is 13.6. The number of hydrogen-bond donors (Lipinski definition) is 1. The SMILES string of the molecule is CCOc1ccc(NC(=O)c2c(N=Cc3cccc(F)c3)sc3c2CC[C@@H](C)C3)cc1. The Morgan fingerprint density at radius 2 is 2.10 bits per heavy atom. The Morgan fingerprint density at radius 3 is 2.84 bits per heavy atom. The number of aliphatic imine (C=N–C) groups is 1. The van der Waals surface area contributed by atoms with E-state index < -0.39 is 0 Å². The molecule has 4 nitrogen and oxygen atoms in total. The van der Waals surface area contributed by atoms with Crippen LogP contribution in [-0.4, -0.2) is 18.7 Å². The summed E-state index contributed by atoms with van der Waals surface area (Å²) in [6.45, 7) is 4.76. The maximum atomic E-state index is 13.5. The number of halogens is 1. The van der Waals surface area contributed by atoms with Gasteiger partial charge < -0.3 is 10.1 Å². The molecule has 0 spiro atoms. The Morgan fingerprint density at radius 1 is 1.29 bits per heavy atom. The minimum atomic E-state index is -0.309. The van der Waals surface area contributed by atoms with Crippen molar-refractivity contribution in [1.29, 1.82) is 0 Å². The zero-order valence-electron chi connectivity index (χ0n) is 17.7. The fourth-order valence-electron chi connectivity index (χ4n) is 3.78. The van der Waals surface area contributed by atoms with E-state index in [1.54, 1.807) is 29.7 Å². The highest BCUT2D eigenvalue weighted by Gasteiger charge is 2.27. The number of amides is 1. The Hall–Kier alpha value is -2.99. The number of nitrogens with one attached hydrogen (secondary N) is 1. The number of benzene rings is 2. The van der Waals surface area contributed by atoms with E-state index >= 15 is 0 Å². The molecule has 1 aliphatic carbocycles. The number of carbonyl (C=O) groups excluding carboxylic acids is 1. The van der Waals surface area contributed by atoms with Gasteiger partial charge in [-0.05, 0) is 79.6 Å². The van der Waals surface area contributed by atoms with Crippen LogP contribution in [0.2, 0.25) is 0 Å². The molecule has 3 aromatic rings. The summed E-state index contributed by atoms with van der Waals surface area (Å²) in [4.78, 5) is 19.1. The third kappa shape index (κ3) is 5.02. The van der Waals surface area contributed by atoms with Gasteiger partial charge in [0.25, 0.3) is 5.91 Å². The molecule has 1 amide bonds. The van der Waals surface area contributed by atoms with Crippen LogP contribution in [-0.2, 0) is 12.8 Å². The lowest BCUT2D eigenvalue weighted by Crippen LogP contribution is -2.16. The van der Waals surface area contributed by atoms with Gasteiger partial charge in [0.2, 0.25) is 0 Å². The molecule has 1 atom stereocenters. The molecule has 0 bridgehead atoms. The lowest BCUT2D eigenvalue weighted by Gasteiger charge is -2.18. The first kappa shape index (κ1) is 21.2. The summed E-state index contributed by atoms with van der Waals surface area (Å²) in [5.74, 6) is 0.885. The highest BCUT2D eigenvalue weighted by Crippen LogP contribution is 2.41. The van der Waals surface area contributed by atoms with Gasteiger partial charge in [-0.2, -0.15) is 0 Å². The van der Waals surface area contributed by atoms with Crippen molar-refractivity contribution in [3.63, 3.8) is 0 Å². The maximum absolute atomic E-state index is 13.5. The van der Waals surface area contributed by atoms with E-state index in [9.17, 15) is 9.18 Å². The molecular weight excluding hydrogens is 411 g/mol. The Labute approximate surface area is 185 Å². The Bertz CT molecular complexity index is 1110. The van der Waals surface area contributed by atoms with Crippen LogP contribution in [0.15, 0.2) is 53.5 Å². The third-order valence-electron chi connectivity index (χ3n) is 5.32. The predicted octanol–water partition coefficient (Wildman–Crippen LogP) is 6.41. The minimum absolute atomic E-state index is 0.164. The van der Waals surface area contributed by atoms with Gasteiger partial charge in [0.1, 0.15) is 16.6 Å². The van der Waals surface area contributed by atoms with Gasteiger partial charge in [0, 0.05) is 16.8 Å². The summed E-state index contributed by atoms with van der Waals surface area (Å²) < 4.78 is 19.0. The zero-order chi connectivity index (χ0) is 21.8. The van der Waals surface area contributed by atoms with Crippen LogP contribution in [0.5, 0.6) is 5.75 Å². The highest BCUT2D eigenvalue weighted by atomic mass is 32.1. The Kier molecular flexibility index (Phi) is 6.47. The van der Waals surface area contributed by atoms with Gasteiger partial charge in [-0.25, -0.2) is 9.38 Å². The van der Waals surface area contributed by atoms with E-state index in [2.05, 4.69) is 17.2 Å². The van der Waals surface area contributed by atoms with Crippen molar-refractivity contribution < 1.29 is 13.9 Å². The van der Waals surface area contributed by atoms with E-state index in [0.29, 0.717) is 34.3 Å². The molecule has 0 saturated carbocycles. The quantitative estimate of drug-likeness (QED) is 0.454. The van der Waals surface area contributed by atoms with Crippen LogP contribution < -0.4 is 10.1 Å². The number of carbonyl (C=O) groups is 1. The summed E-state index contributed by atoms with van der Waals surface area (Å²) >= 11 is 1.56. The van der Waals surface area contributed by atoms with Crippen LogP contribution >= 0.6 is 11.3 Å². The minimum Gasteiger partial charge on any atom is -0.494 e. The second kappa shape index (κ2) is 9.43. The van der Waals surface area contributed by atoms with E-state index in [0.717, 1.165) is 30.6 Å². The molecular formula is C25H25FN2O2S. The summed E-state index contributed by atoms with van der Waals surface area (Å²) in [5, 5.41) is 3.67. The molecule has 0 radical (unpaired) electrons. The molecule has 0 saturated heterocycles. The van der Waals surface area contributed by atoms with Crippen molar-refractivity contribution in [3.05, 3.63) is 75.9 Å². The molecule has 6 heteroatoms. The molecule has 160 valence electrons. The van der Waals surface area contributed by atoms with E-state index in [4.69, 9.17) is 4.74 Å². The molecule has 1 aromatic heterocycles. The fourth-order valence-corrected chi connectivity index (χ4v) is 5.13. The highest BCUT2D eigenvalue weighted by molar-refractivity contribution is 7.16. The average molecular weight is 437 g/mol. The number of fused-ring (bicyclic) bond motifs is 1. The average Bonchev–Trinajstić information content (AvgIpc) is 3.11. The first-order chi connectivity index (χ1) is 15.0. The largest absolute Gasteiger partial charge is 0.494 e. The molecule has 0 fully saturated rings.